The predicted octanol–water partition coefficient (Wildman–Crippen LogP) is 7.19. The third-order valence-electron chi connectivity index (χ3n) is 9.37. The van der Waals surface area contributed by atoms with Gasteiger partial charge >= 0.3 is 11.4 Å². The van der Waals surface area contributed by atoms with Crippen LogP contribution in [0.3, 0.4) is 0 Å². The first kappa shape index (κ1) is 42.1. The Labute approximate surface area is 338 Å². The topological polar surface area (TPSA) is 146 Å². The lowest BCUT2D eigenvalue weighted by Gasteiger charge is -2.16. The van der Waals surface area contributed by atoms with E-state index >= 15 is 0 Å². The first-order valence-corrected chi connectivity index (χ1v) is 19.0. The van der Waals surface area contributed by atoms with E-state index < -0.39 is 16.9 Å². The summed E-state index contributed by atoms with van der Waals surface area (Å²) in [4.78, 5) is 76.5. The maximum atomic E-state index is 13.5. The normalized spacial score (nSPS) is 10.6. The third kappa shape index (κ3) is 9.13. The van der Waals surface area contributed by atoms with Gasteiger partial charge in [-0.15, -0.1) is 0 Å². The molecule has 0 saturated carbocycles. The molecule has 0 unspecified atom stereocenters. The van der Waals surface area contributed by atoms with E-state index in [1.807, 2.05) is 84.9 Å². The minimum absolute atomic E-state index is 0. The van der Waals surface area contributed by atoms with Gasteiger partial charge in [0.05, 0.1) is 27.5 Å². The fraction of sp³-hybridized carbons (Fsp3) is 0.217. The van der Waals surface area contributed by atoms with E-state index in [0.29, 0.717) is 33.2 Å². The number of amides is 2. The largest absolute Gasteiger partial charge is 0.336 e. The van der Waals surface area contributed by atoms with Crippen molar-refractivity contribution in [2.75, 3.05) is 10.6 Å². The molecule has 0 aliphatic heterocycles. The molecule has 12 heteroatoms. The summed E-state index contributed by atoms with van der Waals surface area (Å²) in [6.45, 7) is 13.4. The van der Waals surface area contributed by atoms with Crippen molar-refractivity contribution in [3.05, 3.63) is 179 Å². The highest BCUT2D eigenvalue weighted by Crippen LogP contribution is 2.22. The van der Waals surface area contributed by atoms with Gasteiger partial charge in [0.1, 0.15) is 13.1 Å². The predicted molar refractivity (Wildman–Crippen MR) is 237 cm³/mol. The molecular formula is C46H52N6O6. The van der Waals surface area contributed by atoms with E-state index in [1.165, 1.54) is 16.2 Å². The molecule has 58 heavy (non-hydrogen) atoms. The molecule has 0 bridgehead atoms. The molecule has 0 saturated heterocycles. The maximum absolute atomic E-state index is 13.5. The van der Waals surface area contributed by atoms with Gasteiger partial charge in [0.25, 0.3) is 11.1 Å². The molecule has 7 aromatic rings. The Bertz CT molecular complexity index is 2870. The van der Waals surface area contributed by atoms with E-state index in [0.717, 1.165) is 42.6 Å². The highest BCUT2D eigenvalue weighted by molar-refractivity contribution is 5.93. The standard InChI is InChI=1S/C27H27N3O3.C17H15N3O3.C2H6.2H2/c1-16-10-17(2)14-21(13-16)30-26(32)22-8-6-7-9-23(22)29(27(30)33)15-24(31)28-25-19(4)11-18(3)12-20(25)5;1-19-16(22)13-9-5-6-10-14(13)20(17(19)23)11-15(21)18-12-7-3-2-4-8-12;1-2;;/h6-14H,15H2,1-5H3,(H,28,31);2-10H,11H2,1H3,(H,18,21);1-2H3;2*1H. The molecular weight excluding hydrogens is 733 g/mol. The number of aromatic nitrogens is 4. The SMILES string of the molecule is CC.Cc1cc(C)cc(-n2c(=O)c3ccccc3n(CC(=O)Nc3c(C)cc(C)cc3C)c2=O)c1.Cn1c(=O)c2ccccc2n(CC(=O)Nc2ccccc2)c1=O.[HH].[HH]. The van der Waals surface area contributed by atoms with Gasteiger partial charge in [-0.1, -0.05) is 80.1 Å². The number of benzene rings is 5. The summed E-state index contributed by atoms with van der Waals surface area (Å²) in [5, 5.41) is 6.47. The Morgan fingerprint density at radius 1 is 0.552 bits per heavy atom. The minimum atomic E-state index is -0.545. The Balaban J connectivity index is 0.000000314. The lowest BCUT2D eigenvalue weighted by Crippen LogP contribution is -2.41. The monoisotopic (exact) mass is 784 g/mol. The molecule has 302 valence electrons. The van der Waals surface area contributed by atoms with Crippen molar-refractivity contribution >= 4 is 45.0 Å². The number of carbonyl (C=O) groups is 2. The third-order valence-corrected chi connectivity index (χ3v) is 9.37. The molecule has 5 aromatic carbocycles. The average molecular weight is 785 g/mol. The summed E-state index contributed by atoms with van der Waals surface area (Å²) in [6, 6.07) is 32.2. The van der Waals surface area contributed by atoms with Crippen molar-refractivity contribution in [3.8, 4) is 5.69 Å². The first-order chi connectivity index (χ1) is 27.7. The molecule has 2 heterocycles. The van der Waals surface area contributed by atoms with Crippen molar-refractivity contribution in [2.24, 2.45) is 7.05 Å². The quantitative estimate of drug-likeness (QED) is 0.175. The van der Waals surface area contributed by atoms with Crippen molar-refractivity contribution in [2.45, 2.75) is 61.6 Å². The smallest absolute Gasteiger partial charge is 0.325 e. The summed E-state index contributed by atoms with van der Waals surface area (Å²) in [7, 11) is 1.41. The average Bonchev–Trinajstić information content (AvgIpc) is 3.20. The zero-order chi connectivity index (χ0) is 42.3. The molecule has 7 rings (SSSR count). The highest BCUT2D eigenvalue weighted by Gasteiger charge is 2.18. The van der Waals surface area contributed by atoms with Gasteiger partial charge in [-0.05, 0) is 105 Å². The van der Waals surface area contributed by atoms with Crippen molar-refractivity contribution in [3.63, 3.8) is 0 Å². The molecule has 0 fully saturated rings. The second-order valence-electron chi connectivity index (χ2n) is 13.9. The number of rotatable bonds is 7. The number of fused-ring (bicyclic) bond motifs is 2. The molecule has 2 N–H and O–H groups in total. The summed E-state index contributed by atoms with van der Waals surface area (Å²) < 4.78 is 4.83. The van der Waals surface area contributed by atoms with Crippen LogP contribution in [0, 0.1) is 34.6 Å². The second-order valence-corrected chi connectivity index (χ2v) is 13.9. The fourth-order valence-electron chi connectivity index (χ4n) is 6.94. The van der Waals surface area contributed by atoms with Crippen LogP contribution in [0.5, 0.6) is 0 Å². The van der Waals surface area contributed by atoms with E-state index in [4.69, 9.17) is 0 Å². The first-order valence-electron chi connectivity index (χ1n) is 19.0. The maximum Gasteiger partial charge on any atom is 0.336 e. The minimum Gasteiger partial charge on any atom is -0.325 e. The number of hydrogen-bond donors (Lipinski definition) is 2. The van der Waals surface area contributed by atoms with Gasteiger partial charge in [0.15, 0.2) is 0 Å². The molecule has 0 spiro atoms. The molecule has 12 nitrogen and oxygen atoms in total. The van der Waals surface area contributed by atoms with Gasteiger partial charge in [0.2, 0.25) is 11.8 Å². The van der Waals surface area contributed by atoms with Crippen molar-refractivity contribution < 1.29 is 12.4 Å². The lowest BCUT2D eigenvalue weighted by atomic mass is 10.1. The van der Waals surface area contributed by atoms with Gasteiger partial charge < -0.3 is 10.6 Å². The van der Waals surface area contributed by atoms with E-state index in [9.17, 15) is 28.8 Å². The molecule has 0 aliphatic rings. The molecule has 2 aromatic heterocycles. The zero-order valence-corrected chi connectivity index (χ0v) is 34.0. The van der Waals surface area contributed by atoms with E-state index in [1.54, 1.807) is 72.8 Å². The van der Waals surface area contributed by atoms with E-state index in [-0.39, 0.29) is 33.3 Å². The second kappa shape index (κ2) is 18.2. The highest BCUT2D eigenvalue weighted by atomic mass is 16.2. The van der Waals surface area contributed by atoms with Crippen LogP contribution in [0.1, 0.15) is 44.5 Å². The van der Waals surface area contributed by atoms with Gasteiger partial charge in [0, 0.05) is 21.3 Å². The summed E-state index contributed by atoms with van der Waals surface area (Å²) in [6.07, 6.45) is 0. The van der Waals surface area contributed by atoms with Crippen LogP contribution in [-0.4, -0.2) is 30.1 Å². The van der Waals surface area contributed by atoms with Crippen LogP contribution in [0.2, 0.25) is 0 Å². The molecule has 0 aliphatic carbocycles. The number of nitrogens with one attached hydrogen (secondary N) is 2. The lowest BCUT2D eigenvalue weighted by molar-refractivity contribution is -0.117. The number of para-hydroxylation sites is 3. The van der Waals surface area contributed by atoms with Crippen LogP contribution in [0.4, 0.5) is 11.4 Å². The Morgan fingerprint density at radius 3 is 1.55 bits per heavy atom. The van der Waals surface area contributed by atoms with Crippen LogP contribution >= 0.6 is 0 Å². The number of nitrogens with zero attached hydrogens (tertiary/aromatic N) is 4. The number of hydrogen-bond acceptors (Lipinski definition) is 6. The Hall–Kier alpha value is -7.08. The summed E-state index contributed by atoms with van der Waals surface area (Å²) in [5.41, 5.74) is 5.85. The van der Waals surface area contributed by atoms with Crippen LogP contribution in [0.15, 0.2) is 128 Å². The van der Waals surface area contributed by atoms with Gasteiger partial charge in [-0.25, -0.2) is 14.2 Å². The number of anilines is 2. The summed E-state index contributed by atoms with van der Waals surface area (Å²) in [5.74, 6) is -0.662. The van der Waals surface area contributed by atoms with Crippen LogP contribution in [0.25, 0.3) is 27.5 Å². The number of carbonyl (C=O) groups excluding carboxylic acids is 2. The Kier molecular flexibility index (Phi) is 13.2. The fourth-order valence-corrected chi connectivity index (χ4v) is 6.94. The zero-order valence-electron chi connectivity index (χ0n) is 34.0. The van der Waals surface area contributed by atoms with Gasteiger partial charge in [-0.2, -0.15) is 0 Å². The van der Waals surface area contributed by atoms with Crippen molar-refractivity contribution in [1.82, 2.24) is 18.3 Å². The molecule has 0 atom stereocenters. The molecule has 2 amide bonds. The van der Waals surface area contributed by atoms with Gasteiger partial charge in [-0.3, -0.25) is 32.9 Å². The Morgan fingerprint density at radius 2 is 1.00 bits per heavy atom. The van der Waals surface area contributed by atoms with Crippen molar-refractivity contribution in [1.29, 1.82) is 0 Å². The van der Waals surface area contributed by atoms with E-state index in [2.05, 4.69) is 10.6 Å². The summed E-state index contributed by atoms with van der Waals surface area (Å²) >= 11 is 0. The number of aryl methyl sites for hydroxylation is 5. The van der Waals surface area contributed by atoms with Crippen LogP contribution < -0.4 is 33.1 Å². The van der Waals surface area contributed by atoms with Crippen LogP contribution in [-0.2, 0) is 29.7 Å². The molecule has 0 radical (unpaired) electrons.